The highest BCUT2D eigenvalue weighted by Crippen LogP contribution is 2.23. The van der Waals surface area contributed by atoms with Gasteiger partial charge in [0.1, 0.15) is 0 Å². The summed E-state index contributed by atoms with van der Waals surface area (Å²) in [5.41, 5.74) is 10.6. The third kappa shape index (κ3) is 1.41. The van der Waals surface area contributed by atoms with Gasteiger partial charge in [0.2, 0.25) is 0 Å². The number of nitrogens with zero attached hydrogens (tertiary/aromatic N) is 2. The van der Waals surface area contributed by atoms with E-state index in [1.54, 1.807) is 0 Å². The van der Waals surface area contributed by atoms with E-state index < -0.39 is 0 Å². The van der Waals surface area contributed by atoms with Crippen LogP contribution in [0.25, 0.3) is 16.3 Å². The lowest BCUT2D eigenvalue weighted by Crippen LogP contribution is -2.12. The Hall–Kier alpha value is -2.51. The summed E-state index contributed by atoms with van der Waals surface area (Å²) in [5.74, 6) is -0.0573. The summed E-state index contributed by atoms with van der Waals surface area (Å²) in [4.78, 5) is 15.0. The second-order valence-electron chi connectivity index (χ2n) is 3.93. The van der Waals surface area contributed by atoms with E-state index in [4.69, 9.17) is 5.53 Å². The van der Waals surface area contributed by atoms with E-state index >= 15 is 0 Å². The number of ketones is 1. The predicted molar refractivity (Wildman–Crippen MR) is 65.1 cm³/mol. The predicted octanol–water partition coefficient (Wildman–Crippen LogP) is 2.61. The molecule has 3 nitrogen and oxygen atoms in total. The molecule has 2 aromatic carbocycles. The molecule has 0 amide bonds. The highest BCUT2D eigenvalue weighted by molar-refractivity contribution is 6.23. The molecule has 80 valence electrons. The maximum Gasteiger partial charge on any atom is 0.323 e. The van der Waals surface area contributed by atoms with Gasteiger partial charge in [-0.25, -0.2) is 0 Å². The number of carbonyl (C=O) groups is 1. The van der Waals surface area contributed by atoms with Crippen molar-refractivity contribution in [3.05, 3.63) is 65.2 Å². The Morgan fingerprint density at radius 2 is 1.59 bits per heavy atom. The number of rotatable bonds is 0. The maximum atomic E-state index is 11.8. The van der Waals surface area contributed by atoms with Crippen molar-refractivity contribution in [2.45, 2.75) is 0 Å². The zero-order valence-corrected chi connectivity index (χ0v) is 8.92. The zero-order valence-electron chi connectivity index (χ0n) is 8.92. The Labute approximate surface area is 97.6 Å². The molecule has 0 heterocycles. The molecule has 0 radical (unpaired) electrons. The largest absolute Gasteiger partial charge is 0.361 e. The lowest BCUT2D eigenvalue weighted by Gasteiger charge is -2.08. The highest BCUT2D eigenvalue weighted by Gasteiger charge is 2.23. The normalized spacial score (nSPS) is 13.6. The van der Waals surface area contributed by atoms with Crippen LogP contribution < -0.4 is 0 Å². The van der Waals surface area contributed by atoms with Gasteiger partial charge in [-0.3, -0.25) is 4.79 Å². The molecule has 0 saturated heterocycles. The fraction of sp³-hybridized carbons (Fsp3) is 0. The van der Waals surface area contributed by atoms with Gasteiger partial charge in [0.15, 0.2) is 5.78 Å². The first-order valence-corrected chi connectivity index (χ1v) is 5.27. The molecule has 0 bridgehead atoms. The van der Waals surface area contributed by atoms with E-state index in [0.29, 0.717) is 16.8 Å². The summed E-state index contributed by atoms with van der Waals surface area (Å²) < 4.78 is 0. The minimum Gasteiger partial charge on any atom is -0.361 e. The Bertz CT molecular complexity index is 722. The molecular formula is C14H8N2O. The van der Waals surface area contributed by atoms with Gasteiger partial charge in [-0.05, 0) is 29.0 Å². The van der Waals surface area contributed by atoms with E-state index in [1.807, 2.05) is 36.4 Å². The Morgan fingerprint density at radius 1 is 0.941 bits per heavy atom. The van der Waals surface area contributed by atoms with Crippen molar-refractivity contribution in [2.24, 2.45) is 0 Å². The second-order valence-corrected chi connectivity index (χ2v) is 3.93. The fourth-order valence-electron chi connectivity index (χ4n) is 2.08. The van der Waals surface area contributed by atoms with Crippen LogP contribution in [0, 0.1) is 0 Å². The van der Waals surface area contributed by atoms with Crippen molar-refractivity contribution in [3.8, 4) is 0 Å². The number of hydrogen-bond donors (Lipinski definition) is 0. The quantitative estimate of drug-likeness (QED) is 0.497. The van der Waals surface area contributed by atoms with E-state index in [9.17, 15) is 4.79 Å². The molecule has 0 fully saturated rings. The minimum atomic E-state index is -0.0573. The van der Waals surface area contributed by atoms with Crippen molar-refractivity contribution in [1.82, 2.24) is 0 Å². The average Bonchev–Trinajstić information content (AvgIpc) is 2.38. The first kappa shape index (κ1) is 9.70. The molecule has 0 aromatic heterocycles. The molecule has 17 heavy (non-hydrogen) atoms. The number of hydrogen-bond acceptors (Lipinski definition) is 1. The van der Waals surface area contributed by atoms with Crippen LogP contribution in [0.2, 0.25) is 0 Å². The van der Waals surface area contributed by atoms with Crippen LogP contribution >= 0.6 is 0 Å². The zero-order chi connectivity index (χ0) is 11.8. The van der Waals surface area contributed by atoms with Crippen LogP contribution in [0.1, 0.15) is 15.9 Å². The molecule has 1 aliphatic rings. The van der Waals surface area contributed by atoms with Crippen LogP contribution in [0.3, 0.4) is 0 Å². The van der Waals surface area contributed by atoms with Gasteiger partial charge in [-0.2, -0.15) is 4.79 Å². The van der Waals surface area contributed by atoms with E-state index in [1.165, 1.54) is 12.2 Å². The molecule has 0 saturated carbocycles. The highest BCUT2D eigenvalue weighted by atomic mass is 16.1. The number of benzene rings is 2. The first-order chi connectivity index (χ1) is 8.29. The van der Waals surface area contributed by atoms with E-state index in [-0.39, 0.29) is 5.78 Å². The van der Waals surface area contributed by atoms with Crippen LogP contribution in [0.5, 0.6) is 0 Å². The third-order valence-corrected chi connectivity index (χ3v) is 2.93. The van der Waals surface area contributed by atoms with Gasteiger partial charge in [0, 0.05) is 11.6 Å². The Balaban J connectivity index is 2.42. The van der Waals surface area contributed by atoms with Gasteiger partial charge in [0.25, 0.3) is 0 Å². The third-order valence-electron chi connectivity index (χ3n) is 2.93. The molecule has 0 aliphatic heterocycles. The lowest BCUT2D eigenvalue weighted by atomic mass is 9.91. The lowest BCUT2D eigenvalue weighted by molar-refractivity contribution is -0.00233. The van der Waals surface area contributed by atoms with Crippen LogP contribution in [0.4, 0.5) is 0 Å². The summed E-state index contributed by atoms with van der Waals surface area (Å²) >= 11 is 0. The van der Waals surface area contributed by atoms with Gasteiger partial charge in [0.05, 0.1) is 5.56 Å². The van der Waals surface area contributed by atoms with Crippen molar-refractivity contribution in [1.29, 1.82) is 0 Å². The van der Waals surface area contributed by atoms with Gasteiger partial charge in [-0.15, -0.1) is 0 Å². The molecule has 0 N–H and O–H groups in total. The summed E-state index contributed by atoms with van der Waals surface area (Å²) in [7, 11) is 0. The van der Waals surface area contributed by atoms with Crippen molar-refractivity contribution >= 4 is 22.3 Å². The molecule has 0 unspecified atom stereocenters. The molecular weight excluding hydrogens is 212 g/mol. The molecule has 2 aromatic rings. The van der Waals surface area contributed by atoms with Crippen molar-refractivity contribution in [2.75, 3.05) is 0 Å². The van der Waals surface area contributed by atoms with Crippen molar-refractivity contribution in [3.63, 3.8) is 0 Å². The monoisotopic (exact) mass is 220 g/mol. The average molecular weight is 220 g/mol. The first-order valence-electron chi connectivity index (χ1n) is 5.27. The summed E-state index contributed by atoms with van der Waals surface area (Å²) in [6.45, 7) is 0. The molecule has 3 heteroatoms. The Morgan fingerprint density at radius 3 is 2.24 bits per heavy atom. The molecule has 1 aliphatic carbocycles. The second kappa shape index (κ2) is 3.51. The van der Waals surface area contributed by atoms with Crippen LogP contribution in [-0.2, 0) is 0 Å². The fourth-order valence-corrected chi connectivity index (χ4v) is 2.08. The van der Waals surface area contributed by atoms with Crippen LogP contribution in [-0.4, -0.2) is 16.3 Å². The van der Waals surface area contributed by atoms with E-state index in [0.717, 1.165) is 10.8 Å². The van der Waals surface area contributed by atoms with Gasteiger partial charge < -0.3 is 5.53 Å². The topological polar surface area (TPSA) is 53.5 Å². The SMILES string of the molecule is [N-]=[N+]=C1C=CC(=O)c2cc3ccccc3cc21. The van der Waals surface area contributed by atoms with Crippen molar-refractivity contribution < 1.29 is 9.58 Å². The molecule has 0 atom stereocenters. The standard InChI is InChI=1S/C14H8N2O/c15-16-13-5-6-14(17)12-8-10-4-2-1-3-9(10)7-11(12)13/h1-8H. The molecule has 3 rings (SSSR count). The van der Waals surface area contributed by atoms with Crippen LogP contribution in [0.15, 0.2) is 48.6 Å². The molecule has 0 spiro atoms. The van der Waals surface area contributed by atoms with Gasteiger partial charge >= 0.3 is 5.71 Å². The number of allylic oxidation sites excluding steroid dienone is 2. The maximum absolute atomic E-state index is 11.8. The van der Waals surface area contributed by atoms with Gasteiger partial charge in [-0.1, -0.05) is 24.3 Å². The summed E-state index contributed by atoms with van der Waals surface area (Å²) in [6.07, 6.45) is 2.95. The Kier molecular flexibility index (Phi) is 2.00. The minimum absolute atomic E-state index is 0.0573. The smallest absolute Gasteiger partial charge is 0.323 e. The number of carbonyl (C=O) groups excluding carboxylic acids is 1. The number of fused-ring (bicyclic) bond motifs is 2. The summed E-state index contributed by atoms with van der Waals surface area (Å²) in [6, 6.07) is 11.5. The van der Waals surface area contributed by atoms with E-state index in [2.05, 4.69) is 4.79 Å². The summed E-state index contributed by atoms with van der Waals surface area (Å²) in [5, 5.41) is 2.03.